The lowest BCUT2D eigenvalue weighted by atomic mass is 10.1. The molecule has 0 amide bonds. The molecule has 0 saturated carbocycles. The summed E-state index contributed by atoms with van der Waals surface area (Å²) in [4.78, 5) is 25.1. The molecule has 0 aliphatic carbocycles. The third-order valence-electron chi connectivity index (χ3n) is 4.64. The van der Waals surface area contributed by atoms with E-state index in [9.17, 15) is 14.0 Å². The first-order valence-electron chi connectivity index (χ1n) is 9.77. The van der Waals surface area contributed by atoms with Crippen molar-refractivity contribution in [2.24, 2.45) is 0 Å². The predicted molar refractivity (Wildman–Crippen MR) is 112 cm³/mol. The van der Waals surface area contributed by atoms with Crippen molar-refractivity contribution < 1.29 is 28.2 Å². The van der Waals surface area contributed by atoms with Crippen LogP contribution in [0.5, 0.6) is 11.5 Å². The third-order valence-corrected chi connectivity index (χ3v) is 4.64. The number of benzene rings is 3. The molecule has 0 fully saturated rings. The molecule has 1 unspecified atom stereocenters. The minimum absolute atomic E-state index is 0.0859. The molecule has 0 spiro atoms. The lowest BCUT2D eigenvalue weighted by Gasteiger charge is -2.18. The normalized spacial score (nSPS) is 14.6. The molecule has 0 N–H and O–H groups in total. The molecule has 31 heavy (non-hydrogen) atoms. The standard InChI is InChI=1S/C25H19FO5/c1-2-29-25(28)24(17-8-4-3-5-9-17)30-19-11-12-20-21(15-19)31-22(23(20)27)14-16-7-6-10-18(26)13-16/h3-15,24H,2H2,1H3/b22-14-. The Hall–Kier alpha value is -3.93. The van der Waals surface area contributed by atoms with Crippen LogP contribution in [0.3, 0.4) is 0 Å². The van der Waals surface area contributed by atoms with Gasteiger partial charge in [0.1, 0.15) is 17.3 Å². The summed E-state index contributed by atoms with van der Waals surface area (Å²) in [6.07, 6.45) is 0.524. The number of allylic oxidation sites excluding steroid dienone is 1. The molecule has 1 aliphatic heterocycles. The van der Waals surface area contributed by atoms with E-state index in [1.165, 1.54) is 18.2 Å². The zero-order valence-corrected chi connectivity index (χ0v) is 16.7. The highest BCUT2D eigenvalue weighted by molar-refractivity contribution is 6.14. The van der Waals surface area contributed by atoms with Gasteiger partial charge in [0.05, 0.1) is 12.2 Å². The molecule has 1 aliphatic rings. The topological polar surface area (TPSA) is 61.8 Å². The lowest BCUT2D eigenvalue weighted by Crippen LogP contribution is -2.21. The van der Waals surface area contributed by atoms with Gasteiger partial charge in [0, 0.05) is 11.6 Å². The van der Waals surface area contributed by atoms with Gasteiger partial charge < -0.3 is 14.2 Å². The largest absolute Gasteiger partial charge is 0.474 e. The van der Waals surface area contributed by atoms with E-state index in [1.54, 1.807) is 61.5 Å². The number of hydrogen-bond donors (Lipinski definition) is 0. The Morgan fingerprint density at radius 2 is 1.87 bits per heavy atom. The van der Waals surface area contributed by atoms with Crippen LogP contribution < -0.4 is 9.47 Å². The van der Waals surface area contributed by atoms with Crippen molar-refractivity contribution in [3.05, 3.63) is 101 Å². The van der Waals surface area contributed by atoms with Crippen LogP contribution in [0.2, 0.25) is 0 Å². The van der Waals surface area contributed by atoms with Crippen LogP contribution in [0.25, 0.3) is 6.08 Å². The van der Waals surface area contributed by atoms with E-state index in [0.29, 0.717) is 28.2 Å². The highest BCUT2D eigenvalue weighted by atomic mass is 19.1. The summed E-state index contributed by atoms with van der Waals surface area (Å²) >= 11 is 0. The van der Waals surface area contributed by atoms with Crippen LogP contribution in [-0.2, 0) is 9.53 Å². The number of ether oxygens (including phenoxy) is 3. The summed E-state index contributed by atoms with van der Waals surface area (Å²) in [6, 6.07) is 19.6. The molecule has 6 heteroatoms. The van der Waals surface area contributed by atoms with Crippen LogP contribution in [0.4, 0.5) is 4.39 Å². The SMILES string of the molecule is CCOC(=O)C(Oc1ccc2c(c1)O/C(=C\c1cccc(F)c1)C2=O)c1ccccc1. The van der Waals surface area contributed by atoms with Crippen molar-refractivity contribution in [2.45, 2.75) is 13.0 Å². The maximum atomic E-state index is 13.4. The Kier molecular flexibility index (Phi) is 5.80. The van der Waals surface area contributed by atoms with Gasteiger partial charge in [0.2, 0.25) is 11.9 Å². The highest BCUT2D eigenvalue weighted by Crippen LogP contribution is 2.36. The minimum Gasteiger partial charge on any atom is -0.474 e. The number of Topliss-reactive ketones (excluding diaryl/α,β-unsaturated/α-hetero) is 1. The minimum atomic E-state index is -0.960. The molecule has 0 saturated heterocycles. The van der Waals surface area contributed by atoms with Gasteiger partial charge in [-0.3, -0.25) is 4.79 Å². The van der Waals surface area contributed by atoms with Gasteiger partial charge in [-0.25, -0.2) is 9.18 Å². The second-order valence-corrected chi connectivity index (χ2v) is 6.81. The molecule has 5 nitrogen and oxygen atoms in total. The predicted octanol–water partition coefficient (Wildman–Crippen LogP) is 5.13. The highest BCUT2D eigenvalue weighted by Gasteiger charge is 2.29. The van der Waals surface area contributed by atoms with Gasteiger partial charge in [-0.2, -0.15) is 0 Å². The van der Waals surface area contributed by atoms with Gasteiger partial charge in [-0.15, -0.1) is 0 Å². The van der Waals surface area contributed by atoms with E-state index in [4.69, 9.17) is 14.2 Å². The fourth-order valence-electron chi connectivity index (χ4n) is 3.22. The number of halogens is 1. The molecule has 3 aromatic carbocycles. The Bertz CT molecular complexity index is 1150. The van der Waals surface area contributed by atoms with E-state index >= 15 is 0 Å². The first kappa shape index (κ1) is 20.3. The van der Waals surface area contributed by atoms with Gasteiger partial charge in [-0.1, -0.05) is 42.5 Å². The van der Waals surface area contributed by atoms with E-state index in [1.807, 2.05) is 6.07 Å². The summed E-state index contributed by atoms with van der Waals surface area (Å²) in [6.45, 7) is 1.95. The van der Waals surface area contributed by atoms with Crippen molar-refractivity contribution >= 4 is 17.8 Å². The Labute approximate surface area is 178 Å². The maximum Gasteiger partial charge on any atom is 0.352 e. The number of fused-ring (bicyclic) bond motifs is 1. The van der Waals surface area contributed by atoms with Gasteiger partial charge >= 0.3 is 5.97 Å². The monoisotopic (exact) mass is 418 g/mol. The number of carbonyl (C=O) groups is 2. The van der Waals surface area contributed by atoms with E-state index in [-0.39, 0.29) is 18.1 Å². The molecule has 4 rings (SSSR count). The lowest BCUT2D eigenvalue weighted by molar-refractivity contribution is -0.151. The molecular weight excluding hydrogens is 399 g/mol. The fourth-order valence-corrected chi connectivity index (χ4v) is 3.22. The number of ketones is 1. The number of carbonyl (C=O) groups excluding carboxylic acids is 2. The maximum absolute atomic E-state index is 13.4. The van der Waals surface area contributed by atoms with Crippen molar-refractivity contribution in [1.29, 1.82) is 0 Å². The summed E-state index contributed by atoms with van der Waals surface area (Å²) in [5.41, 5.74) is 1.52. The number of rotatable bonds is 6. The number of hydrogen-bond acceptors (Lipinski definition) is 5. The van der Waals surface area contributed by atoms with Crippen molar-refractivity contribution in [2.75, 3.05) is 6.61 Å². The summed E-state index contributed by atoms with van der Waals surface area (Å²) in [7, 11) is 0. The Morgan fingerprint density at radius 3 is 2.61 bits per heavy atom. The second kappa shape index (κ2) is 8.83. The van der Waals surface area contributed by atoms with Gasteiger partial charge in [-0.05, 0) is 42.8 Å². The Balaban J connectivity index is 1.59. The molecule has 156 valence electrons. The van der Waals surface area contributed by atoms with E-state index in [2.05, 4.69) is 0 Å². The van der Waals surface area contributed by atoms with Gasteiger partial charge in [0.15, 0.2) is 5.76 Å². The van der Waals surface area contributed by atoms with Gasteiger partial charge in [0.25, 0.3) is 0 Å². The first-order valence-corrected chi connectivity index (χ1v) is 9.77. The molecule has 3 aromatic rings. The molecular formula is C25H19FO5. The zero-order valence-electron chi connectivity index (χ0n) is 16.7. The smallest absolute Gasteiger partial charge is 0.352 e. The van der Waals surface area contributed by atoms with Crippen molar-refractivity contribution in [3.63, 3.8) is 0 Å². The van der Waals surface area contributed by atoms with Crippen LogP contribution in [0.1, 0.15) is 34.5 Å². The third kappa shape index (κ3) is 4.48. The van der Waals surface area contributed by atoms with Crippen LogP contribution >= 0.6 is 0 Å². The summed E-state index contributed by atoms with van der Waals surface area (Å²) < 4.78 is 30.2. The molecule has 0 bridgehead atoms. The molecule has 0 aromatic heterocycles. The fraction of sp³-hybridized carbons (Fsp3) is 0.120. The van der Waals surface area contributed by atoms with Crippen LogP contribution in [0.15, 0.2) is 78.6 Å². The zero-order chi connectivity index (χ0) is 21.8. The first-order chi connectivity index (χ1) is 15.0. The van der Waals surface area contributed by atoms with Crippen molar-refractivity contribution in [3.8, 4) is 11.5 Å². The van der Waals surface area contributed by atoms with E-state index in [0.717, 1.165) is 0 Å². The van der Waals surface area contributed by atoms with Crippen molar-refractivity contribution in [1.82, 2.24) is 0 Å². The van der Waals surface area contributed by atoms with Crippen LogP contribution in [-0.4, -0.2) is 18.4 Å². The average Bonchev–Trinajstić information content (AvgIpc) is 3.07. The van der Waals surface area contributed by atoms with E-state index < -0.39 is 17.9 Å². The molecule has 1 atom stereocenters. The molecule has 1 heterocycles. The molecule has 0 radical (unpaired) electrons. The summed E-state index contributed by atoms with van der Waals surface area (Å²) in [5, 5.41) is 0. The number of esters is 1. The average molecular weight is 418 g/mol. The summed E-state index contributed by atoms with van der Waals surface area (Å²) in [5.74, 6) is -0.489. The second-order valence-electron chi connectivity index (χ2n) is 6.81. The quantitative estimate of drug-likeness (QED) is 0.411. The van der Waals surface area contributed by atoms with Crippen LogP contribution in [0, 0.1) is 5.82 Å². The Morgan fingerprint density at radius 1 is 1.06 bits per heavy atom.